The van der Waals surface area contributed by atoms with E-state index in [1.54, 1.807) is 12.4 Å². The first kappa shape index (κ1) is 9.76. The van der Waals surface area contributed by atoms with Crippen molar-refractivity contribution in [2.45, 2.75) is 6.61 Å². The summed E-state index contributed by atoms with van der Waals surface area (Å²) in [5.74, 6) is 0. The predicted molar refractivity (Wildman–Crippen MR) is 54.9 cm³/mol. The van der Waals surface area contributed by atoms with Crippen molar-refractivity contribution in [1.82, 2.24) is 9.97 Å². The number of nitrogens with zero attached hydrogens (tertiary/aromatic N) is 2. The topological polar surface area (TPSA) is 55.2 Å². The molecule has 15 heavy (non-hydrogen) atoms. The normalized spacial score (nSPS) is 10.2. The second kappa shape index (κ2) is 4.63. The van der Waals surface area contributed by atoms with E-state index in [9.17, 15) is 0 Å². The summed E-state index contributed by atoms with van der Waals surface area (Å²) < 4.78 is 0. The first-order valence-electron chi connectivity index (χ1n) is 4.53. The summed E-state index contributed by atoms with van der Waals surface area (Å²) in [7, 11) is 0. The molecule has 76 valence electrons. The molecule has 0 aliphatic rings. The molecular weight excluding hydrogens is 192 g/mol. The summed E-state index contributed by atoms with van der Waals surface area (Å²) in [4.78, 5) is 12.4. The summed E-state index contributed by atoms with van der Waals surface area (Å²) in [5.41, 5.74) is 2.45. The Kier molecular flexibility index (Phi) is 3.02. The highest BCUT2D eigenvalue weighted by Crippen LogP contribution is 2.13. The second-order valence-corrected chi connectivity index (χ2v) is 3.04. The van der Waals surface area contributed by atoms with E-state index in [4.69, 9.17) is 5.26 Å². The van der Waals surface area contributed by atoms with E-state index in [1.165, 1.54) is 0 Å². The molecule has 4 nitrogen and oxygen atoms in total. The van der Waals surface area contributed by atoms with Gasteiger partial charge in [-0.05, 0) is 23.8 Å². The molecule has 0 aromatic carbocycles. The molecule has 0 unspecified atom stereocenters. The third-order valence-electron chi connectivity index (χ3n) is 1.98. The molecule has 2 rings (SSSR count). The quantitative estimate of drug-likeness (QED) is 0.612. The van der Waals surface area contributed by atoms with Crippen LogP contribution in [-0.2, 0) is 11.5 Å². The van der Waals surface area contributed by atoms with Crippen molar-refractivity contribution in [3.05, 3.63) is 48.3 Å². The van der Waals surface area contributed by atoms with Crippen LogP contribution in [0.4, 0.5) is 0 Å². The Morgan fingerprint density at radius 2 is 1.93 bits per heavy atom. The molecule has 0 atom stereocenters. The van der Waals surface area contributed by atoms with Gasteiger partial charge in [0.15, 0.2) is 0 Å². The van der Waals surface area contributed by atoms with Crippen LogP contribution in [0.25, 0.3) is 11.4 Å². The van der Waals surface area contributed by atoms with Crippen LogP contribution in [0.1, 0.15) is 5.56 Å². The van der Waals surface area contributed by atoms with Gasteiger partial charge in [0, 0.05) is 12.4 Å². The molecule has 0 bridgehead atoms. The fraction of sp³-hybridized carbons (Fsp3) is 0.0909. The van der Waals surface area contributed by atoms with Gasteiger partial charge in [-0.3, -0.25) is 15.2 Å². The Morgan fingerprint density at radius 3 is 2.53 bits per heavy atom. The largest absolute Gasteiger partial charge is 0.255 e. The van der Waals surface area contributed by atoms with Crippen molar-refractivity contribution in [3.63, 3.8) is 0 Å². The van der Waals surface area contributed by atoms with Crippen LogP contribution >= 0.6 is 0 Å². The van der Waals surface area contributed by atoms with E-state index in [-0.39, 0.29) is 6.61 Å². The maximum Gasteiger partial charge on any atom is 0.108 e. The molecule has 4 heteroatoms. The zero-order valence-corrected chi connectivity index (χ0v) is 8.00. The first-order chi connectivity index (χ1) is 7.40. The van der Waals surface area contributed by atoms with Gasteiger partial charge >= 0.3 is 0 Å². The number of hydrogen-bond donors (Lipinski definition) is 1. The van der Waals surface area contributed by atoms with Crippen LogP contribution in [0.2, 0.25) is 0 Å². The van der Waals surface area contributed by atoms with Crippen molar-refractivity contribution in [2.24, 2.45) is 0 Å². The van der Waals surface area contributed by atoms with Crippen LogP contribution in [0, 0.1) is 0 Å². The van der Waals surface area contributed by atoms with E-state index in [0.29, 0.717) is 0 Å². The monoisotopic (exact) mass is 202 g/mol. The zero-order valence-electron chi connectivity index (χ0n) is 8.00. The van der Waals surface area contributed by atoms with Crippen LogP contribution in [-0.4, -0.2) is 15.2 Å². The summed E-state index contributed by atoms with van der Waals surface area (Å²) in [6.07, 6.45) is 3.38. The minimum absolute atomic E-state index is 0.148. The van der Waals surface area contributed by atoms with Gasteiger partial charge in [-0.15, -0.1) is 0 Å². The minimum Gasteiger partial charge on any atom is -0.255 e. The number of rotatable bonds is 3. The molecule has 0 aliphatic carbocycles. The smallest absolute Gasteiger partial charge is 0.108 e. The highest BCUT2D eigenvalue weighted by molar-refractivity contribution is 5.53. The van der Waals surface area contributed by atoms with Gasteiger partial charge in [-0.2, -0.15) is 0 Å². The molecule has 0 saturated carbocycles. The Labute approximate surface area is 87.1 Å². The molecule has 1 N–H and O–H groups in total. The fourth-order valence-corrected chi connectivity index (χ4v) is 1.25. The van der Waals surface area contributed by atoms with Gasteiger partial charge in [0.2, 0.25) is 0 Å². The summed E-state index contributed by atoms with van der Waals surface area (Å²) in [6, 6.07) is 9.35. The lowest BCUT2D eigenvalue weighted by molar-refractivity contribution is -0.253. The van der Waals surface area contributed by atoms with E-state index < -0.39 is 0 Å². The second-order valence-electron chi connectivity index (χ2n) is 3.04. The van der Waals surface area contributed by atoms with Gasteiger partial charge < -0.3 is 0 Å². The summed E-state index contributed by atoms with van der Waals surface area (Å²) in [6.45, 7) is 0.148. The summed E-state index contributed by atoms with van der Waals surface area (Å²) in [5, 5.41) is 8.27. The molecule has 0 amide bonds. The standard InChI is InChI=1S/C11H10N2O2/c14-15-8-9-4-5-11(13-7-9)10-3-1-2-6-12-10/h1-7,14H,8H2. The van der Waals surface area contributed by atoms with E-state index in [1.807, 2.05) is 30.3 Å². The molecule has 0 aliphatic heterocycles. The molecule has 2 heterocycles. The van der Waals surface area contributed by atoms with Gasteiger partial charge in [0.05, 0.1) is 11.4 Å². The zero-order chi connectivity index (χ0) is 10.5. The average molecular weight is 202 g/mol. The Morgan fingerprint density at radius 1 is 1.07 bits per heavy atom. The molecule has 0 spiro atoms. The predicted octanol–water partition coefficient (Wildman–Crippen LogP) is 2.13. The lowest BCUT2D eigenvalue weighted by atomic mass is 10.2. The molecular formula is C11H10N2O2. The Hall–Kier alpha value is -1.78. The molecule has 0 radical (unpaired) electrons. The van der Waals surface area contributed by atoms with E-state index >= 15 is 0 Å². The highest BCUT2D eigenvalue weighted by atomic mass is 17.1. The van der Waals surface area contributed by atoms with E-state index in [0.717, 1.165) is 17.0 Å². The molecule has 0 fully saturated rings. The Balaban J connectivity index is 2.24. The van der Waals surface area contributed by atoms with Crippen molar-refractivity contribution < 1.29 is 10.1 Å². The van der Waals surface area contributed by atoms with Crippen molar-refractivity contribution in [3.8, 4) is 11.4 Å². The van der Waals surface area contributed by atoms with Crippen molar-refractivity contribution in [2.75, 3.05) is 0 Å². The van der Waals surface area contributed by atoms with Gasteiger partial charge in [-0.25, -0.2) is 4.89 Å². The van der Waals surface area contributed by atoms with Crippen LogP contribution in [0.15, 0.2) is 42.7 Å². The van der Waals surface area contributed by atoms with Crippen molar-refractivity contribution >= 4 is 0 Å². The van der Waals surface area contributed by atoms with Crippen LogP contribution < -0.4 is 0 Å². The van der Waals surface area contributed by atoms with Gasteiger partial charge in [0.1, 0.15) is 6.61 Å². The molecule has 0 saturated heterocycles. The lowest BCUT2D eigenvalue weighted by Crippen LogP contribution is -1.91. The average Bonchev–Trinajstić information content (AvgIpc) is 2.32. The van der Waals surface area contributed by atoms with Gasteiger partial charge in [-0.1, -0.05) is 12.1 Å². The minimum atomic E-state index is 0.148. The number of hydrogen-bond acceptors (Lipinski definition) is 4. The molecule has 2 aromatic rings. The number of pyridine rings is 2. The number of aromatic nitrogens is 2. The highest BCUT2D eigenvalue weighted by Gasteiger charge is 1.99. The summed E-state index contributed by atoms with van der Waals surface area (Å²) >= 11 is 0. The lowest BCUT2D eigenvalue weighted by Gasteiger charge is -2.00. The third-order valence-corrected chi connectivity index (χ3v) is 1.98. The fourth-order valence-electron chi connectivity index (χ4n) is 1.25. The maximum absolute atomic E-state index is 8.27. The molecule has 2 aromatic heterocycles. The van der Waals surface area contributed by atoms with Crippen LogP contribution in [0.5, 0.6) is 0 Å². The van der Waals surface area contributed by atoms with Gasteiger partial charge in [0.25, 0.3) is 0 Å². The van der Waals surface area contributed by atoms with Crippen LogP contribution in [0.3, 0.4) is 0 Å². The third kappa shape index (κ3) is 2.37. The Bertz CT molecular complexity index is 414. The van der Waals surface area contributed by atoms with E-state index in [2.05, 4.69) is 14.9 Å². The SMILES string of the molecule is OOCc1ccc(-c2ccccn2)nc1. The maximum atomic E-state index is 8.27. The van der Waals surface area contributed by atoms with Crippen molar-refractivity contribution in [1.29, 1.82) is 0 Å². The first-order valence-corrected chi connectivity index (χ1v) is 4.53.